The molecule has 1 amide bonds. The van der Waals surface area contributed by atoms with Gasteiger partial charge in [-0.05, 0) is 25.1 Å². The lowest BCUT2D eigenvalue weighted by Crippen LogP contribution is -2.51. The summed E-state index contributed by atoms with van der Waals surface area (Å²) < 4.78 is 16.7. The van der Waals surface area contributed by atoms with Gasteiger partial charge in [0.05, 0.1) is 18.4 Å². The number of hydrogen-bond acceptors (Lipinski definition) is 7. The molecule has 8 heteroatoms. The SMILES string of the molecule is C=CCN1C(=O)[C@]2(C(C(=O)OCC)=C(N)OC3=C2C(=O)C[C@H](c2ccco2)C3)c2ccccc21. The Bertz CT molecular complexity index is 1270. The molecule has 2 aromatic rings. The minimum atomic E-state index is -1.76. The van der Waals surface area contributed by atoms with Crippen molar-refractivity contribution >= 4 is 23.3 Å². The number of esters is 1. The number of ether oxygens (including phenoxy) is 2. The number of carbonyl (C=O) groups excluding carboxylic acids is 3. The van der Waals surface area contributed by atoms with Gasteiger partial charge in [-0.2, -0.15) is 0 Å². The second kappa shape index (κ2) is 8.06. The van der Waals surface area contributed by atoms with E-state index in [0.717, 1.165) is 0 Å². The van der Waals surface area contributed by atoms with Gasteiger partial charge in [-0.25, -0.2) is 4.79 Å². The van der Waals surface area contributed by atoms with Crippen LogP contribution in [-0.4, -0.2) is 30.8 Å². The molecule has 8 nitrogen and oxygen atoms in total. The van der Waals surface area contributed by atoms with Crippen molar-refractivity contribution in [2.75, 3.05) is 18.1 Å². The number of anilines is 1. The zero-order valence-corrected chi connectivity index (χ0v) is 18.7. The first-order chi connectivity index (χ1) is 16.4. The number of amides is 1. The van der Waals surface area contributed by atoms with Gasteiger partial charge in [-0.1, -0.05) is 24.3 Å². The van der Waals surface area contributed by atoms with E-state index in [1.54, 1.807) is 55.7 Å². The Kier molecular flexibility index (Phi) is 5.16. The Hall–Kier alpha value is -4.07. The summed E-state index contributed by atoms with van der Waals surface area (Å²) in [7, 11) is 0. The molecule has 34 heavy (non-hydrogen) atoms. The molecule has 1 aliphatic carbocycles. The van der Waals surface area contributed by atoms with Crippen molar-refractivity contribution in [3.63, 3.8) is 0 Å². The third-order valence-electron chi connectivity index (χ3n) is 6.55. The van der Waals surface area contributed by atoms with Crippen LogP contribution in [0.3, 0.4) is 0 Å². The summed E-state index contributed by atoms with van der Waals surface area (Å²) >= 11 is 0. The van der Waals surface area contributed by atoms with Crippen LogP contribution in [0.5, 0.6) is 0 Å². The fourth-order valence-corrected chi connectivity index (χ4v) is 5.31. The van der Waals surface area contributed by atoms with E-state index in [1.165, 1.54) is 4.90 Å². The van der Waals surface area contributed by atoms with Gasteiger partial charge in [0.1, 0.15) is 22.5 Å². The Morgan fingerprint density at radius 2 is 2.06 bits per heavy atom. The second-order valence-electron chi connectivity index (χ2n) is 8.38. The Balaban J connectivity index is 1.78. The summed E-state index contributed by atoms with van der Waals surface area (Å²) in [5.41, 5.74) is 5.61. The molecule has 0 radical (unpaired) electrons. The molecule has 5 rings (SSSR count). The topological polar surface area (TPSA) is 112 Å². The highest BCUT2D eigenvalue weighted by molar-refractivity contribution is 6.23. The lowest BCUT2D eigenvalue weighted by molar-refractivity contribution is -0.141. The highest BCUT2D eigenvalue weighted by Crippen LogP contribution is 2.57. The van der Waals surface area contributed by atoms with Crippen LogP contribution in [0, 0.1) is 0 Å². The predicted octanol–water partition coefficient (Wildman–Crippen LogP) is 3.21. The third-order valence-corrected chi connectivity index (χ3v) is 6.55. The van der Waals surface area contributed by atoms with Gasteiger partial charge in [0.2, 0.25) is 11.8 Å². The minimum Gasteiger partial charge on any atom is -0.469 e. The minimum absolute atomic E-state index is 0.0678. The molecule has 2 atom stereocenters. The number of carbonyl (C=O) groups is 3. The molecule has 1 spiro atoms. The zero-order chi connectivity index (χ0) is 24.0. The van der Waals surface area contributed by atoms with E-state index >= 15 is 0 Å². The van der Waals surface area contributed by atoms with Crippen molar-refractivity contribution in [2.45, 2.75) is 31.1 Å². The van der Waals surface area contributed by atoms with Crippen LogP contribution < -0.4 is 10.6 Å². The number of hydrogen-bond donors (Lipinski definition) is 1. The third kappa shape index (κ3) is 2.88. The van der Waals surface area contributed by atoms with E-state index in [1.807, 2.05) is 0 Å². The van der Waals surface area contributed by atoms with Crippen molar-refractivity contribution in [2.24, 2.45) is 5.73 Å². The molecular weight excluding hydrogens is 436 g/mol. The zero-order valence-electron chi connectivity index (χ0n) is 18.7. The molecule has 1 aromatic carbocycles. The average Bonchev–Trinajstić information content (AvgIpc) is 3.42. The summed E-state index contributed by atoms with van der Waals surface area (Å²) in [5, 5.41) is 0. The molecule has 3 heterocycles. The number of rotatable bonds is 5. The number of Topliss-reactive ketones (excluding diaryl/α,β-unsaturated/α-hetero) is 1. The van der Waals surface area contributed by atoms with Crippen molar-refractivity contribution in [1.29, 1.82) is 0 Å². The van der Waals surface area contributed by atoms with Crippen molar-refractivity contribution in [3.05, 3.63) is 89.4 Å². The summed E-state index contributed by atoms with van der Waals surface area (Å²) in [6, 6.07) is 10.6. The van der Waals surface area contributed by atoms with Gasteiger partial charge in [0, 0.05) is 36.6 Å². The summed E-state index contributed by atoms with van der Waals surface area (Å²) in [6.45, 7) is 5.68. The largest absolute Gasteiger partial charge is 0.469 e. The van der Waals surface area contributed by atoms with E-state index in [9.17, 15) is 14.4 Å². The van der Waals surface area contributed by atoms with Gasteiger partial charge >= 0.3 is 5.97 Å². The molecule has 0 unspecified atom stereocenters. The summed E-state index contributed by atoms with van der Waals surface area (Å²) in [6.07, 6.45) is 3.54. The lowest BCUT2D eigenvalue weighted by atomic mass is 9.63. The standard InChI is InChI=1S/C26H24N2O6/c1-3-11-28-17-9-6-5-8-16(17)26(25(28)31)21-18(29)13-15(19-10-7-12-33-19)14-20(21)34-23(27)22(26)24(30)32-4-2/h3,5-10,12,15H,1,4,11,13-14,27H2,2H3/t15-,26+/m0/s1. The van der Waals surface area contributed by atoms with Crippen molar-refractivity contribution in [1.82, 2.24) is 0 Å². The number of para-hydroxylation sites is 1. The van der Waals surface area contributed by atoms with E-state index in [2.05, 4.69) is 6.58 Å². The quantitative estimate of drug-likeness (QED) is 0.539. The van der Waals surface area contributed by atoms with Gasteiger partial charge in [0.25, 0.3) is 0 Å². The molecule has 2 aliphatic heterocycles. The number of furan rings is 1. The van der Waals surface area contributed by atoms with Crippen LogP contribution in [0.4, 0.5) is 5.69 Å². The van der Waals surface area contributed by atoms with Crippen LogP contribution in [0.15, 0.2) is 82.5 Å². The molecule has 0 saturated carbocycles. The molecule has 1 aromatic heterocycles. The molecule has 174 valence electrons. The molecule has 0 fully saturated rings. The van der Waals surface area contributed by atoms with E-state index < -0.39 is 17.3 Å². The van der Waals surface area contributed by atoms with Crippen LogP contribution in [-0.2, 0) is 29.3 Å². The van der Waals surface area contributed by atoms with Crippen LogP contribution in [0.1, 0.15) is 37.0 Å². The Morgan fingerprint density at radius 3 is 2.76 bits per heavy atom. The van der Waals surface area contributed by atoms with Crippen LogP contribution >= 0.6 is 0 Å². The molecule has 2 N–H and O–H groups in total. The first-order valence-electron chi connectivity index (χ1n) is 11.1. The predicted molar refractivity (Wildman–Crippen MR) is 122 cm³/mol. The first-order valence-corrected chi connectivity index (χ1v) is 11.1. The maximum atomic E-state index is 14.2. The fraction of sp³-hybridized carbons (Fsp3) is 0.269. The molecule has 0 bridgehead atoms. The normalized spacial score (nSPS) is 23.7. The molecule has 0 saturated heterocycles. The van der Waals surface area contributed by atoms with E-state index in [4.69, 9.17) is 19.6 Å². The van der Waals surface area contributed by atoms with E-state index in [-0.39, 0.29) is 54.1 Å². The number of nitrogens with two attached hydrogens (primary N) is 1. The Labute approximate surface area is 196 Å². The van der Waals surface area contributed by atoms with Crippen molar-refractivity contribution < 1.29 is 28.3 Å². The maximum Gasteiger partial charge on any atom is 0.341 e. The summed E-state index contributed by atoms with van der Waals surface area (Å²) in [4.78, 5) is 42.7. The van der Waals surface area contributed by atoms with Crippen LogP contribution in [0.2, 0.25) is 0 Å². The monoisotopic (exact) mass is 460 g/mol. The Morgan fingerprint density at radius 1 is 1.26 bits per heavy atom. The smallest absolute Gasteiger partial charge is 0.341 e. The van der Waals surface area contributed by atoms with Gasteiger partial charge in [-0.15, -0.1) is 6.58 Å². The number of allylic oxidation sites excluding steroid dienone is 1. The maximum absolute atomic E-state index is 14.2. The first kappa shape index (κ1) is 21.8. The van der Waals surface area contributed by atoms with Crippen LogP contribution in [0.25, 0.3) is 0 Å². The summed E-state index contributed by atoms with van der Waals surface area (Å²) in [5.74, 6) is -1.16. The number of benzene rings is 1. The fourth-order valence-electron chi connectivity index (χ4n) is 5.31. The molecular formula is C26H24N2O6. The lowest BCUT2D eigenvalue weighted by Gasteiger charge is -2.40. The highest BCUT2D eigenvalue weighted by atomic mass is 16.5. The average molecular weight is 460 g/mol. The van der Waals surface area contributed by atoms with Gasteiger partial charge < -0.3 is 24.5 Å². The number of ketones is 1. The van der Waals surface area contributed by atoms with Gasteiger partial charge in [-0.3, -0.25) is 9.59 Å². The highest BCUT2D eigenvalue weighted by Gasteiger charge is 2.64. The number of fused-ring (bicyclic) bond motifs is 3. The molecule has 3 aliphatic rings. The number of nitrogens with zero attached hydrogens (tertiary/aromatic N) is 1. The van der Waals surface area contributed by atoms with Gasteiger partial charge in [0.15, 0.2) is 5.78 Å². The second-order valence-corrected chi connectivity index (χ2v) is 8.38. The van der Waals surface area contributed by atoms with E-state index in [0.29, 0.717) is 23.4 Å². The van der Waals surface area contributed by atoms with Crippen molar-refractivity contribution in [3.8, 4) is 0 Å².